The molecule has 0 saturated heterocycles. The summed E-state index contributed by atoms with van der Waals surface area (Å²) in [5.74, 6) is 0.195. The first kappa shape index (κ1) is 16.2. The largest absolute Gasteiger partial charge is 0.496 e. The highest BCUT2D eigenvalue weighted by atomic mass is 32.1. The van der Waals surface area contributed by atoms with E-state index in [4.69, 9.17) is 21.7 Å². The number of methoxy groups -OCH3 is 2. The van der Waals surface area contributed by atoms with Crippen LogP contribution in [-0.2, 0) is 4.74 Å². The first-order valence-electron chi connectivity index (χ1n) is 6.06. The second kappa shape index (κ2) is 8.34. The molecule has 0 spiro atoms. The van der Waals surface area contributed by atoms with Crippen LogP contribution in [0.15, 0.2) is 18.2 Å². The number of carbonyl (C=O) groups is 1. The SMILES string of the molecule is COCCNC(=S)NNC(=O)c1ccc(C)cc1OC. The molecule has 1 aromatic carbocycles. The van der Waals surface area contributed by atoms with E-state index in [2.05, 4.69) is 16.2 Å². The summed E-state index contributed by atoms with van der Waals surface area (Å²) in [5, 5.41) is 3.20. The highest BCUT2D eigenvalue weighted by Gasteiger charge is 2.12. The molecule has 0 atom stereocenters. The summed E-state index contributed by atoms with van der Waals surface area (Å²) in [6.07, 6.45) is 0. The van der Waals surface area contributed by atoms with Gasteiger partial charge in [-0.05, 0) is 36.8 Å². The molecule has 0 radical (unpaired) electrons. The molecule has 0 bridgehead atoms. The average Bonchev–Trinajstić information content (AvgIpc) is 2.44. The van der Waals surface area contributed by atoms with Gasteiger partial charge in [-0.2, -0.15) is 0 Å². The molecule has 0 aliphatic rings. The standard InChI is InChI=1S/C13H19N3O3S/c1-9-4-5-10(11(8-9)19-3)12(17)15-16-13(20)14-6-7-18-2/h4-5,8H,6-7H2,1-3H3,(H,15,17)(H2,14,16,20). The van der Waals surface area contributed by atoms with Crippen LogP contribution >= 0.6 is 12.2 Å². The highest BCUT2D eigenvalue weighted by Crippen LogP contribution is 2.19. The number of carbonyl (C=O) groups excluding carboxylic acids is 1. The molecule has 0 aliphatic heterocycles. The normalized spacial score (nSPS) is 9.75. The van der Waals surface area contributed by atoms with Gasteiger partial charge in [0, 0.05) is 13.7 Å². The van der Waals surface area contributed by atoms with Crippen molar-refractivity contribution in [1.82, 2.24) is 16.2 Å². The number of benzene rings is 1. The van der Waals surface area contributed by atoms with Crippen LogP contribution in [0.3, 0.4) is 0 Å². The second-order valence-electron chi connectivity index (χ2n) is 4.03. The Kier molecular flexibility index (Phi) is 6.75. The second-order valence-corrected chi connectivity index (χ2v) is 4.44. The minimum atomic E-state index is -0.322. The molecule has 0 heterocycles. The van der Waals surface area contributed by atoms with Gasteiger partial charge in [-0.25, -0.2) is 0 Å². The molecule has 0 unspecified atom stereocenters. The van der Waals surface area contributed by atoms with Crippen molar-refractivity contribution in [3.8, 4) is 5.75 Å². The van der Waals surface area contributed by atoms with Crippen LogP contribution in [0.2, 0.25) is 0 Å². The minimum absolute atomic E-state index is 0.321. The van der Waals surface area contributed by atoms with Crippen molar-refractivity contribution in [3.05, 3.63) is 29.3 Å². The predicted molar refractivity (Wildman–Crippen MR) is 80.8 cm³/mol. The number of aryl methyl sites for hydroxylation is 1. The van der Waals surface area contributed by atoms with E-state index in [9.17, 15) is 4.79 Å². The zero-order valence-electron chi connectivity index (χ0n) is 11.8. The topological polar surface area (TPSA) is 71.6 Å². The zero-order chi connectivity index (χ0) is 15.0. The minimum Gasteiger partial charge on any atom is -0.496 e. The molecule has 110 valence electrons. The molecule has 3 N–H and O–H groups in total. The predicted octanol–water partition coefficient (Wildman–Crippen LogP) is 0.759. The fourth-order valence-corrected chi connectivity index (χ4v) is 1.63. The van der Waals surface area contributed by atoms with Gasteiger partial charge in [0.15, 0.2) is 5.11 Å². The van der Waals surface area contributed by atoms with Crippen molar-refractivity contribution < 1.29 is 14.3 Å². The van der Waals surface area contributed by atoms with Crippen molar-refractivity contribution >= 4 is 23.2 Å². The first-order chi connectivity index (χ1) is 9.58. The summed E-state index contributed by atoms with van der Waals surface area (Å²) in [4.78, 5) is 12.0. The number of hydrazine groups is 1. The average molecular weight is 297 g/mol. The molecule has 0 fully saturated rings. The number of hydrogen-bond acceptors (Lipinski definition) is 4. The lowest BCUT2D eigenvalue weighted by Gasteiger charge is -2.13. The number of rotatable bonds is 5. The van der Waals surface area contributed by atoms with E-state index in [1.54, 1.807) is 19.2 Å². The maximum Gasteiger partial charge on any atom is 0.273 e. The Morgan fingerprint density at radius 1 is 1.30 bits per heavy atom. The van der Waals surface area contributed by atoms with Gasteiger partial charge in [0.25, 0.3) is 5.91 Å². The Balaban J connectivity index is 2.52. The van der Waals surface area contributed by atoms with E-state index < -0.39 is 0 Å². The van der Waals surface area contributed by atoms with E-state index in [-0.39, 0.29) is 5.91 Å². The lowest BCUT2D eigenvalue weighted by molar-refractivity contribution is 0.0940. The van der Waals surface area contributed by atoms with Crippen LogP contribution in [0.25, 0.3) is 0 Å². The summed E-state index contributed by atoms with van der Waals surface area (Å²) in [6.45, 7) is 3.02. The van der Waals surface area contributed by atoms with Gasteiger partial charge < -0.3 is 14.8 Å². The molecule has 1 amide bonds. The van der Waals surface area contributed by atoms with Crippen LogP contribution < -0.4 is 20.9 Å². The summed E-state index contributed by atoms with van der Waals surface area (Å²) >= 11 is 4.99. The van der Waals surface area contributed by atoms with Crippen LogP contribution in [0.4, 0.5) is 0 Å². The van der Waals surface area contributed by atoms with Crippen LogP contribution in [-0.4, -0.2) is 38.4 Å². The van der Waals surface area contributed by atoms with Gasteiger partial charge in [-0.1, -0.05) is 6.07 Å². The monoisotopic (exact) mass is 297 g/mol. The number of hydrogen-bond donors (Lipinski definition) is 3. The third-order valence-corrected chi connectivity index (χ3v) is 2.73. The van der Waals surface area contributed by atoms with Crippen molar-refractivity contribution in [1.29, 1.82) is 0 Å². The molecule has 20 heavy (non-hydrogen) atoms. The summed E-state index contributed by atoms with van der Waals surface area (Å²) < 4.78 is 10.1. The fraction of sp³-hybridized carbons (Fsp3) is 0.385. The van der Waals surface area contributed by atoms with Gasteiger partial charge in [0.1, 0.15) is 5.75 Å². The number of ether oxygens (including phenoxy) is 2. The maximum absolute atomic E-state index is 12.0. The summed E-state index contributed by atoms with van der Waals surface area (Å²) in [7, 11) is 3.12. The Labute approximate surface area is 123 Å². The van der Waals surface area contributed by atoms with E-state index in [1.807, 2.05) is 13.0 Å². The third kappa shape index (κ3) is 5.02. The molecule has 6 nitrogen and oxygen atoms in total. The van der Waals surface area contributed by atoms with Crippen molar-refractivity contribution in [2.45, 2.75) is 6.92 Å². The van der Waals surface area contributed by atoms with E-state index in [1.165, 1.54) is 7.11 Å². The third-order valence-electron chi connectivity index (χ3n) is 2.48. The van der Waals surface area contributed by atoms with Crippen LogP contribution in [0, 0.1) is 6.92 Å². The smallest absolute Gasteiger partial charge is 0.273 e. The molecular weight excluding hydrogens is 278 g/mol. The fourth-order valence-electron chi connectivity index (χ4n) is 1.48. The van der Waals surface area contributed by atoms with Gasteiger partial charge in [-0.15, -0.1) is 0 Å². The summed E-state index contributed by atoms with van der Waals surface area (Å²) in [6, 6.07) is 5.34. The number of thiocarbonyl (C=S) groups is 1. The zero-order valence-corrected chi connectivity index (χ0v) is 12.6. The van der Waals surface area contributed by atoms with E-state index in [0.29, 0.717) is 29.6 Å². The van der Waals surface area contributed by atoms with Gasteiger partial charge in [-0.3, -0.25) is 15.6 Å². The van der Waals surface area contributed by atoms with Crippen LogP contribution in [0.1, 0.15) is 15.9 Å². The Morgan fingerprint density at radius 2 is 2.05 bits per heavy atom. The van der Waals surface area contributed by atoms with Gasteiger partial charge in [0.2, 0.25) is 0 Å². The van der Waals surface area contributed by atoms with Gasteiger partial charge >= 0.3 is 0 Å². The molecule has 0 aromatic heterocycles. The lowest BCUT2D eigenvalue weighted by Crippen LogP contribution is -2.47. The number of nitrogens with one attached hydrogen (secondary N) is 3. The Hall–Kier alpha value is -1.86. The lowest BCUT2D eigenvalue weighted by atomic mass is 10.1. The Bertz CT molecular complexity index is 480. The van der Waals surface area contributed by atoms with Gasteiger partial charge in [0.05, 0.1) is 19.3 Å². The number of amides is 1. The highest BCUT2D eigenvalue weighted by molar-refractivity contribution is 7.80. The molecule has 1 aromatic rings. The van der Waals surface area contributed by atoms with Crippen molar-refractivity contribution in [2.75, 3.05) is 27.4 Å². The molecule has 0 saturated carbocycles. The molecule has 7 heteroatoms. The molecule has 1 rings (SSSR count). The first-order valence-corrected chi connectivity index (χ1v) is 6.47. The molecular formula is C13H19N3O3S. The maximum atomic E-state index is 12.0. The Morgan fingerprint density at radius 3 is 2.70 bits per heavy atom. The van der Waals surface area contributed by atoms with Crippen molar-refractivity contribution in [2.24, 2.45) is 0 Å². The summed E-state index contributed by atoms with van der Waals surface area (Å²) in [5.41, 5.74) is 6.57. The van der Waals surface area contributed by atoms with Crippen LogP contribution in [0.5, 0.6) is 5.75 Å². The van der Waals surface area contributed by atoms with Crippen molar-refractivity contribution in [3.63, 3.8) is 0 Å². The quantitative estimate of drug-likeness (QED) is 0.423. The van der Waals surface area contributed by atoms with E-state index in [0.717, 1.165) is 5.56 Å². The molecule has 0 aliphatic carbocycles. The van der Waals surface area contributed by atoms with E-state index >= 15 is 0 Å².